The van der Waals surface area contributed by atoms with Crippen LogP contribution >= 0.6 is 11.3 Å². The van der Waals surface area contributed by atoms with E-state index in [9.17, 15) is 0 Å². The zero-order valence-electron chi connectivity index (χ0n) is 12.1. The third-order valence-corrected chi connectivity index (χ3v) is 4.54. The summed E-state index contributed by atoms with van der Waals surface area (Å²) in [7, 11) is 0. The van der Waals surface area contributed by atoms with Gasteiger partial charge in [0, 0.05) is 15.8 Å². The Labute approximate surface area is 120 Å². The highest BCUT2D eigenvalue weighted by Crippen LogP contribution is 2.25. The normalized spacial score (nSPS) is 12.6. The summed E-state index contributed by atoms with van der Waals surface area (Å²) >= 11 is 1.90. The van der Waals surface area contributed by atoms with Gasteiger partial charge in [0.05, 0.1) is 0 Å². The Balaban J connectivity index is 2.11. The predicted molar refractivity (Wildman–Crippen MR) is 85.0 cm³/mol. The monoisotopic (exact) mass is 273 g/mol. The van der Waals surface area contributed by atoms with Crippen LogP contribution in [-0.4, -0.2) is 6.54 Å². The minimum Gasteiger partial charge on any atom is -0.309 e. The van der Waals surface area contributed by atoms with Crippen molar-refractivity contribution in [1.29, 1.82) is 0 Å². The van der Waals surface area contributed by atoms with Crippen molar-refractivity contribution in [2.24, 2.45) is 0 Å². The van der Waals surface area contributed by atoms with Crippen LogP contribution in [0, 0.1) is 6.92 Å². The molecule has 0 amide bonds. The number of hydrogen-bond donors (Lipinski definition) is 1. The highest BCUT2D eigenvalue weighted by Gasteiger charge is 2.12. The van der Waals surface area contributed by atoms with Crippen LogP contribution in [0.1, 0.15) is 40.8 Å². The summed E-state index contributed by atoms with van der Waals surface area (Å²) in [6, 6.07) is 13.9. The molecule has 1 heterocycles. The van der Waals surface area contributed by atoms with Gasteiger partial charge < -0.3 is 5.32 Å². The van der Waals surface area contributed by atoms with Crippen LogP contribution in [0.4, 0.5) is 0 Å². The van der Waals surface area contributed by atoms with Crippen LogP contribution in [0.3, 0.4) is 0 Å². The van der Waals surface area contributed by atoms with Gasteiger partial charge in [0.15, 0.2) is 0 Å². The van der Waals surface area contributed by atoms with Crippen LogP contribution in [-0.2, 0) is 12.8 Å². The fourth-order valence-electron chi connectivity index (χ4n) is 2.31. The quantitative estimate of drug-likeness (QED) is 0.816. The molecule has 1 nitrogen and oxygen atoms in total. The second-order valence-electron chi connectivity index (χ2n) is 4.93. The lowest BCUT2D eigenvalue weighted by atomic mass is 10.0. The minimum absolute atomic E-state index is 0.441. The second kappa shape index (κ2) is 6.88. The SMILES string of the molecule is CCNC(Cc1ccc(CC)cc1)c1ccc(C)s1. The first-order valence-electron chi connectivity index (χ1n) is 7.10. The molecule has 0 aliphatic carbocycles. The molecule has 0 saturated carbocycles. The summed E-state index contributed by atoms with van der Waals surface area (Å²) in [5.74, 6) is 0. The van der Waals surface area contributed by atoms with Crippen molar-refractivity contribution in [3.05, 3.63) is 57.3 Å². The number of nitrogens with one attached hydrogen (secondary N) is 1. The molecule has 2 aromatic rings. The lowest BCUT2D eigenvalue weighted by molar-refractivity contribution is 0.558. The van der Waals surface area contributed by atoms with Crippen LogP contribution < -0.4 is 5.32 Å². The van der Waals surface area contributed by atoms with E-state index in [4.69, 9.17) is 0 Å². The van der Waals surface area contributed by atoms with Gasteiger partial charge in [-0.25, -0.2) is 0 Å². The largest absolute Gasteiger partial charge is 0.309 e. The Hall–Kier alpha value is -1.12. The fourth-order valence-corrected chi connectivity index (χ4v) is 3.26. The maximum Gasteiger partial charge on any atom is 0.0455 e. The highest BCUT2D eigenvalue weighted by atomic mass is 32.1. The summed E-state index contributed by atoms with van der Waals surface area (Å²) in [4.78, 5) is 2.83. The second-order valence-corrected chi connectivity index (χ2v) is 6.25. The lowest BCUT2D eigenvalue weighted by Crippen LogP contribution is -2.22. The predicted octanol–water partition coefficient (Wildman–Crippen LogP) is 4.51. The molecule has 1 aromatic carbocycles. The van der Waals surface area contributed by atoms with Crippen LogP contribution in [0.15, 0.2) is 36.4 Å². The molecule has 0 aliphatic heterocycles. The molecule has 102 valence electrons. The van der Waals surface area contributed by atoms with E-state index in [1.54, 1.807) is 0 Å². The summed E-state index contributed by atoms with van der Waals surface area (Å²) in [5.41, 5.74) is 2.82. The molecule has 2 heteroatoms. The molecule has 0 spiro atoms. The molecular formula is C17H23NS. The number of thiophene rings is 1. The van der Waals surface area contributed by atoms with Gasteiger partial charge in [-0.3, -0.25) is 0 Å². The van der Waals surface area contributed by atoms with E-state index in [0.29, 0.717) is 6.04 Å². The standard InChI is InChI=1S/C17H23NS/c1-4-14-7-9-15(10-8-14)12-16(18-5-2)17-11-6-13(3)19-17/h6-11,16,18H,4-5,12H2,1-3H3. The van der Waals surface area contributed by atoms with Crippen LogP contribution in [0.2, 0.25) is 0 Å². The van der Waals surface area contributed by atoms with Gasteiger partial charge in [-0.1, -0.05) is 38.1 Å². The molecule has 0 saturated heterocycles. The van der Waals surface area contributed by atoms with Crippen molar-refractivity contribution in [2.75, 3.05) is 6.54 Å². The van der Waals surface area contributed by atoms with Gasteiger partial charge in [0.1, 0.15) is 0 Å². The smallest absolute Gasteiger partial charge is 0.0455 e. The van der Waals surface area contributed by atoms with E-state index >= 15 is 0 Å². The van der Waals surface area contributed by atoms with Crippen molar-refractivity contribution < 1.29 is 0 Å². The van der Waals surface area contributed by atoms with Gasteiger partial charge in [-0.15, -0.1) is 11.3 Å². The van der Waals surface area contributed by atoms with Gasteiger partial charge >= 0.3 is 0 Å². The first kappa shape index (κ1) is 14.3. The molecule has 2 rings (SSSR count). The average Bonchev–Trinajstić information content (AvgIpc) is 2.86. The van der Waals surface area contributed by atoms with Gasteiger partial charge in [-0.05, 0) is 49.6 Å². The fraction of sp³-hybridized carbons (Fsp3) is 0.412. The topological polar surface area (TPSA) is 12.0 Å². The highest BCUT2D eigenvalue weighted by molar-refractivity contribution is 7.12. The summed E-state index contributed by atoms with van der Waals surface area (Å²) in [5, 5.41) is 3.60. The number of likely N-dealkylation sites (N-methyl/N-ethyl adjacent to an activating group) is 1. The summed E-state index contributed by atoms with van der Waals surface area (Å²) in [6.45, 7) is 7.56. The summed E-state index contributed by atoms with van der Waals surface area (Å²) in [6.07, 6.45) is 2.18. The molecule has 1 unspecified atom stereocenters. The van der Waals surface area contributed by atoms with Gasteiger partial charge in [0.2, 0.25) is 0 Å². The zero-order valence-corrected chi connectivity index (χ0v) is 12.9. The molecule has 0 aliphatic rings. The molecule has 1 atom stereocenters. The Morgan fingerprint density at radius 2 is 1.68 bits per heavy atom. The average molecular weight is 273 g/mol. The van der Waals surface area contributed by atoms with Crippen molar-refractivity contribution in [1.82, 2.24) is 5.32 Å². The Bertz CT molecular complexity index is 498. The third-order valence-electron chi connectivity index (χ3n) is 3.43. The van der Waals surface area contributed by atoms with Crippen LogP contribution in [0.5, 0.6) is 0 Å². The van der Waals surface area contributed by atoms with Crippen molar-refractivity contribution in [2.45, 2.75) is 39.7 Å². The van der Waals surface area contributed by atoms with E-state index in [0.717, 1.165) is 19.4 Å². The Kier molecular flexibility index (Phi) is 5.17. The molecule has 1 N–H and O–H groups in total. The third kappa shape index (κ3) is 3.92. The molecule has 0 radical (unpaired) electrons. The lowest BCUT2D eigenvalue weighted by Gasteiger charge is -2.16. The molecule has 0 bridgehead atoms. The zero-order chi connectivity index (χ0) is 13.7. The van der Waals surface area contributed by atoms with Crippen molar-refractivity contribution in [3.8, 4) is 0 Å². The van der Waals surface area contributed by atoms with E-state index in [2.05, 4.69) is 62.5 Å². The molecule has 0 fully saturated rings. The van der Waals surface area contributed by atoms with Gasteiger partial charge in [0.25, 0.3) is 0 Å². The van der Waals surface area contributed by atoms with Crippen molar-refractivity contribution >= 4 is 11.3 Å². The minimum atomic E-state index is 0.441. The van der Waals surface area contributed by atoms with E-state index in [-0.39, 0.29) is 0 Å². The number of aryl methyl sites for hydroxylation is 2. The van der Waals surface area contributed by atoms with E-state index < -0.39 is 0 Å². The maximum absolute atomic E-state index is 3.60. The summed E-state index contributed by atoms with van der Waals surface area (Å²) < 4.78 is 0. The van der Waals surface area contributed by atoms with Crippen LogP contribution in [0.25, 0.3) is 0 Å². The number of rotatable bonds is 6. The number of benzene rings is 1. The first-order valence-corrected chi connectivity index (χ1v) is 7.92. The maximum atomic E-state index is 3.60. The molecular weight excluding hydrogens is 250 g/mol. The first-order chi connectivity index (χ1) is 9.22. The number of hydrogen-bond acceptors (Lipinski definition) is 2. The Morgan fingerprint density at radius 3 is 2.21 bits per heavy atom. The molecule has 19 heavy (non-hydrogen) atoms. The molecule has 1 aromatic heterocycles. The Morgan fingerprint density at radius 1 is 1.00 bits per heavy atom. The van der Waals surface area contributed by atoms with E-state index in [1.807, 2.05) is 11.3 Å². The van der Waals surface area contributed by atoms with E-state index in [1.165, 1.54) is 20.9 Å². The van der Waals surface area contributed by atoms with Gasteiger partial charge in [-0.2, -0.15) is 0 Å². The van der Waals surface area contributed by atoms with Crippen molar-refractivity contribution in [3.63, 3.8) is 0 Å².